The van der Waals surface area contributed by atoms with Gasteiger partial charge in [0.25, 0.3) is 0 Å². The van der Waals surface area contributed by atoms with Gasteiger partial charge in [-0.1, -0.05) is 71.5 Å². The molecule has 2 nitrogen and oxygen atoms in total. The second kappa shape index (κ2) is 9.35. The Morgan fingerprint density at radius 2 is 1.70 bits per heavy atom. The molecule has 0 saturated heterocycles. The summed E-state index contributed by atoms with van der Waals surface area (Å²) in [6, 6.07) is 10.1. The summed E-state index contributed by atoms with van der Waals surface area (Å²) in [6.07, 6.45) is 1.09. The number of hydrogen-bond donors (Lipinski definition) is 1. The molecule has 0 amide bonds. The summed E-state index contributed by atoms with van der Waals surface area (Å²) in [6.45, 7) is 15.8. The van der Waals surface area contributed by atoms with E-state index >= 15 is 0 Å². The number of aliphatic imine (C=N–C) groups is 1. The molecular weight excluding hydrogens is 244 g/mol. The van der Waals surface area contributed by atoms with Gasteiger partial charge in [0.1, 0.15) is 0 Å². The standard InChI is InChI=1S/C13H18N2.C5H12.H2/c1-4-10-15-11(2)13(14-3)12-8-6-5-7-9-12;1-5(2,3)4;/h5-9,15H,2,4,10H2,1,3H3;1-4H3;1H. The highest BCUT2D eigenvalue weighted by atomic mass is 14.9. The maximum absolute atomic E-state index is 4.27. The zero-order chi connectivity index (χ0) is 15.6. The third-order valence-electron chi connectivity index (χ3n) is 2.15. The van der Waals surface area contributed by atoms with Gasteiger partial charge in [-0.25, -0.2) is 0 Å². The molecule has 0 aliphatic rings. The average molecular weight is 276 g/mol. The van der Waals surface area contributed by atoms with Crippen molar-refractivity contribution in [1.82, 2.24) is 5.32 Å². The van der Waals surface area contributed by atoms with E-state index in [9.17, 15) is 0 Å². The normalized spacial score (nSPS) is 11.4. The van der Waals surface area contributed by atoms with Gasteiger partial charge in [0.05, 0.1) is 11.4 Å². The summed E-state index contributed by atoms with van der Waals surface area (Å²) < 4.78 is 0. The van der Waals surface area contributed by atoms with Crippen molar-refractivity contribution >= 4 is 5.71 Å². The largest absolute Gasteiger partial charge is 0.384 e. The molecule has 0 bridgehead atoms. The van der Waals surface area contributed by atoms with E-state index in [1.54, 1.807) is 7.05 Å². The fourth-order valence-corrected chi connectivity index (χ4v) is 1.39. The molecule has 0 aliphatic carbocycles. The maximum Gasteiger partial charge on any atom is 0.0868 e. The van der Waals surface area contributed by atoms with Crippen molar-refractivity contribution in [3.63, 3.8) is 0 Å². The topological polar surface area (TPSA) is 24.4 Å². The Bertz CT molecular complexity index is 411. The van der Waals surface area contributed by atoms with Crippen LogP contribution >= 0.6 is 0 Å². The summed E-state index contributed by atoms with van der Waals surface area (Å²) in [5.74, 6) is 0. The lowest BCUT2D eigenvalue weighted by atomic mass is 10.0. The van der Waals surface area contributed by atoms with E-state index in [1.807, 2.05) is 30.3 Å². The Hall–Kier alpha value is -1.57. The van der Waals surface area contributed by atoms with Crippen molar-refractivity contribution in [2.24, 2.45) is 10.4 Å². The minimum absolute atomic E-state index is 0. The van der Waals surface area contributed by atoms with Crippen LogP contribution in [0.5, 0.6) is 0 Å². The van der Waals surface area contributed by atoms with Crippen molar-refractivity contribution in [3.8, 4) is 0 Å². The molecule has 114 valence electrons. The Kier molecular flexibility index (Phi) is 8.62. The zero-order valence-corrected chi connectivity index (χ0v) is 14.0. The third kappa shape index (κ3) is 9.37. The van der Waals surface area contributed by atoms with Crippen LogP contribution in [0.15, 0.2) is 47.6 Å². The van der Waals surface area contributed by atoms with Crippen LogP contribution in [-0.4, -0.2) is 19.3 Å². The summed E-state index contributed by atoms with van der Waals surface area (Å²) >= 11 is 0. The van der Waals surface area contributed by atoms with E-state index in [1.165, 1.54) is 0 Å². The minimum atomic E-state index is 0. The molecule has 0 atom stereocenters. The molecule has 0 saturated carbocycles. The van der Waals surface area contributed by atoms with Crippen molar-refractivity contribution in [2.45, 2.75) is 41.0 Å². The van der Waals surface area contributed by atoms with Crippen molar-refractivity contribution in [1.29, 1.82) is 0 Å². The van der Waals surface area contributed by atoms with Crippen LogP contribution < -0.4 is 5.32 Å². The fourth-order valence-electron chi connectivity index (χ4n) is 1.39. The van der Waals surface area contributed by atoms with E-state index in [-0.39, 0.29) is 1.43 Å². The Balaban J connectivity index is 0. The molecule has 0 spiro atoms. The van der Waals surface area contributed by atoms with Gasteiger partial charge in [0.2, 0.25) is 0 Å². The molecule has 0 aliphatic heterocycles. The first kappa shape index (κ1) is 18.4. The number of allylic oxidation sites excluding steroid dienone is 1. The van der Waals surface area contributed by atoms with Gasteiger partial charge in [0.15, 0.2) is 0 Å². The third-order valence-corrected chi connectivity index (χ3v) is 2.15. The summed E-state index contributed by atoms with van der Waals surface area (Å²) in [5.41, 5.74) is 3.43. The smallest absolute Gasteiger partial charge is 0.0868 e. The van der Waals surface area contributed by atoms with Gasteiger partial charge < -0.3 is 5.32 Å². The lowest BCUT2D eigenvalue weighted by Crippen LogP contribution is -2.21. The van der Waals surface area contributed by atoms with Gasteiger partial charge in [-0.05, 0) is 11.8 Å². The van der Waals surface area contributed by atoms with Crippen LogP contribution in [0.25, 0.3) is 0 Å². The van der Waals surface area contributed by atoms with Gasteiger partial charge in [-0.15, -0.1) is 0 Å². The van der Waals surface area contributed by atoms with E-state index in [2.05, 4.69) is 51.5 Å². The monoisotopic (exact) mass is 276 g/mol. The van der Waals surface area contributed by atoms with Crippen LogP contribution in [0.4, 0.5) is 0 Å². The van der Waals surface area contributed by atoms with Crippen molar-refractivity contribution < 1.29 is 1.43 Å². The van der Waals surface area contributed by atoms with Gasteiger partial charge >= 0.3 is 0 Å². The van der Waals surface area contributed by atoms with E-state index in [4.69, 9.17) is 0 Å². The number of nitrogens with zero attached hydrogens (tertiary/aromatic N) is 1. The zero-order valence-electron chi connectivity index (χ0n) is 14.0. The molecule has 0 fully saturated rings. The molecule has 0 heterocycles. The molecule has 0 unspecified atom stereocenters. The molecule has 20 heavy (non-hydrogen) atoms. The molecule has 0 radical (unpaired) electrons. The molecule has 1 N–H and O–H groups in total. The molecular formula is C18H32N2. The predicted molar refractivity (Wildman–Crippen MR) is 93.6 cm³/mol. The number of rotatable bonds is 5. The van der Waals surface area contributed by atoms with Gasteiger partial charge in [0, 0.05) is 20.6 Å². The second-order valence-corrected chi connectivity index (χ2v) is 6.34. The molecule has 0 aromatic heterocycles. The van der Waals surface area contributed by atoms with Crippen LogP contribution in [0.1, 0.15) is 48.0 Å². The van der Waals surface area contributed by atoms with Crippen molar-refractivity contribution in [3.05, 3.63) is 48.2 Å². The van der Waals surface area contributed by atoms with Gasteiger partial charge in [-0.2, -0.15) is 0 Å². The number of nitrogens with one attached hydrogen (secondary N) is 1. The second-order valence-electron chi connectivity index (χ2n) is 6.34. The van der Waals surface area contributed by atoms with E-state index in [0.717, 1.165) is 29.9 Å². The highest BCUT2D eigenvalue weighted by Crippen LogP contribution is 2.08. The molecule has 1 rings (SSSR count). The summed E-state index contributed by atoms with van der Waals surface area (Å²) in [4.78, 5) is 4.27. The number of benzene rings is 1. The summed E-state index contributed by atoms with van der Waals surface area (Å²) in [7, 11) is 1.79. The van der Waals surface area contributed by atoms with Crippen LogP contribution in [0.3, 0.4) is 0 Å². The first-order valence-corrected chi connectivity index (χ1v) is 7.25. The highest BCUT2D eigenvalue weighted by Gasteiger charge is 2.05. The van der Waals surface area contributed by atoms with Gasteiger partial charge in [-0.3, -0.25) is 4.99 Å². The number of hydrogen-bond acceptors (Lipinski definition) is 2. The first-order valence-electron chi connectivity index (χ1n) is 7.25. The van der Waals surface area contributed by atoms with Crippen molar-refractivity contribution in [2.75, 3.05) is 13.6 Å². The Labute approximate surface area is 126 Å². The first-order chi connectivity index (χ1) is 9.29. The van der Waals surface area contributed by atoms with E-state index in [0.29, 0.717) is 5.41 Å². The Morgan fingerprint density at radius 3 is 2.10 bits per heavy atom. The predicted octanol–water partition coefficient (Wildman–Crippen LogP) is 4.92. The van der Waals surface area contributed by atoms with Crippen LogP contribution in [0.2, 0.25) is 0 Å². The SMILES string of the molecule is C=C(NCCC)C(=NC)c1ccccc1.CC(C)(C)C.[HH]. The van der Waals surface area contributed by atoms with Crippen LogP contribution in [-0.2, 0) is 0 Å². The maximum atomic E-state index is 4.27. The molecule has 2 heteroatoms. The molecule has 1 aromatic carbocycles. The molecule has 1 aromatic rings. The minimum Gasteiger partial charge on any atom is -0.384 e. The highest BCUT2D eigenvalue weighted by molar-refractivity contribution is 6.11. The average Bonchev–Trinajstić information content (AvgIpc) is 2.36. The lowest BCUT2D eigenvalue weighted by Gasteiger charge is -2.11. The summed E-state index contributed by atoms with van der Waals surface area (Å²) in [5, 5.41) is 3.26. The Morgan fingerprint density at radius 1 is 1.20 bits per heavy atom. The lowest BCUT2D eigenvalue weighted by molar-refractivity contribution is 0.469. The fraction of sp³-hybridized carbons (Fsp3) is 0.500. The van der Waals surface area contributed by atoms with E-state index < -0.39 is 0 Å². The quantitative estimate of drug-likeness (QED) is 0.759. The van der Waals surface area contributed by atoms with Crippen LogP contribution in [0, 0.1) is 5.41 Å².